The van der Waals surface area contributed by atoms with E-state index >= 15 is 0 Å². The summed E-state index contributed by atoms with van der Waals surface area (Å²) < 4.78 is 23.3. The maximum Gasteiger partial charge on any atom is 0.311 e. The number of nitrogens with two attached hydrogens (primary N) is 1. The molecular formula is C47H73NO17. The number of carbonyl (C=O) groups excluding carboxylic acids is 1. The van der Waals surface area contributed by atoms with Crippen molar-refractivity contribution in [2.75, 3.05) is 0 Å². The van der Waals surface area contributed by atoms with Crippen LogP contribution in [0.1, 0.15) is 72.6 Å². The molecule has 2 fully saturated rings. The number of ether oxygens (including phenoxy) is 4. The van der Waals surface area contributed by atoms with Crippen molar-refractivity contribution in [2.45, 2.75) is 177 Å². The van der Waals surface area contributed by atoms with E-state index in [9.17, 15) is 65.8 Å². The molecule has 368 valence electrons. The molecule has 0 radical (unpaired) electrons. The van der Waals surface area contributed by atoms with E-state index in [4.69, 9.17) is 24.7 Å². The highest BCUT2D eigenvalue weighted by Gasteiger charge is 2.48. The number of aliphatic carboxylic acids is 1. The third-order valence-corrected chi connectivity index (χ3v) is 12.1. The van der Waals surface area contributed by atoms with E-state index in [0.717, 1.165) is 0 Å². The minimum absolute atomic E-state index is 0.120. The van der Waals surface area contributed by atoms with Crippen molar-refractivity contribution in [1.82, 2.24) is 0 Å². The van der Waals surface area contributed by atoms with Crippen LogP contribution in [0.5, 0.6) is 0 Å². The van der Waals surface area contributed by atoms with Gasteiger partial charge in [0, 0.05) is 31.1 Å². The van der Waals surface area contributed by atoms with Crippen LogP contribution in [0.2, 0.25) is 0 Å². The van der Waals surface area contributed by atoms with Crippen LogP contribution in [-0.2, 0) is 28.5 Å². The van der Waals surface area contributed by atoms with E-state index < -0.39 is 147 Å². The maximum atomic E-state index is 12.6. The number of aliphatic hydroxyl groups is 10. The van der Waals surface area contributed by atoms with E-state index in [2.05, 4.69) is 0 Å². The fraction of sp³-hybridized carbons (Fsp3) is 0.660. The van der Waals surface area contributed by atoms with E-state index in [1.54, 1.807) is 74.6 Å². The van der Waals surface area contributed by atoms with Crippen molar-refractivity contribution in [1.29, 1.82) is 0 Å². The van der Waals surface area contributed by atoms with Crippen LogP contribution >= 0.6 is 0 Å². The van der Waals surface area contributed by atoms with E-state index in [-0.39, 0.29) is 31.6 Å². The standard InChI is InChI=1S/C47H73NO17/c1-26-17-15-13-11-9-7-5-6-8-10-12-14-16-18-32(64-47-45(59)41(48)43(57)29(4)63-47)23-37-40(46(60)61)35(53)25-38(65-37)44(58)36(54)24-34(52)33(51)20-19-30(49)21-31(50)22-39(55)62-28(3)27(2)42(26)56/h5-18,26-38,40-45,47,49-54,56-59H,19-25,48H2,1-4H3,(H,60,61)/b6-5+,9-7+,10-8+,13-11+,14-12+,17-15+,18-16+/t26-,27-,28-,29+,30+,31+,32-,33+,34+,35-,36-,37-,38?,40+,41-,42+,43+,44+,45-,47-/m0/s1. The molecule has 0 spiro atoms. The second kappa shape index (κ2) is 28.0. The van der Waals surface area contributed by atoms with Gasteiger partial charge in [0.2, 0.25) is 0 Å². The van der Waals surface area contributed by atoms with Gasteiger partial charge in [-0.25, -0.2) is 0 Å². The zero-order valence-electron chi connectivity index (χ0n) is 37.5. The van der Waals surface area contributed by atoms with Crippen molar-refractivity contribution in [2.24, 2.45) is 23.5 Å². The van der Waals surface area contributed by atoms with Crippen LogP contribution in [-0.4, -0.2) is 172 Å². The molecule has 1 unspecified atom stereocenters. The number of hydrogen-bond donors (Lipinski definition) is 12. The van der Waals surface area contributed by atoms with Gasteiger partial charge >= 0.3 is 11.9 Å². The molecule has 0 aromatic carbocycles. The van der Waals surface area contributed by atoms with Gasteiger partial charge in [0.25, 0.3) is 0 Å². The lowest BCUT2D eigenvalue weighted by atomic mass is 9.83. The van der Waals surface area contributed by atoms with Gasteiger partial charge in [-0.3, -0.25) is 9.59 Å². The summed E-state index contributed by atoms with van der Waals surface area (Å²) in [5.41, 5.74) is 6.02. The highest BCUT2D eigenvalue weighted by atomic mass is 16.7. The lowest BCUT2D eigenvalue weighted by Gasteiger charge is -2.43. The number of aliphatic hydroxyl groups excluding tert-OH is 10. The van der Waals surface area contributed by atoms with Gasteiger partial charge in [0.15, 0.2) is 6.29 Å². The first-order valence-electron chi connectivity index (χ1n) is 22.3. The summed E-state index contributed by atoms with van der Waals surface area (Å²) in [6.45, 7) is 6.74. The number of allylic oxidation sites excluding steroid dienone is 12. The van der Waals surface area contributed by atoms with E-state index in [1.807, 2.05) is 25.2 Å². The Morgan fingerprint density at radius 3 is 1.74 bits per heavy atom. The SMILES string of the molecule is C[C@@H]1[C@H](O)[C@@H](C)/C=C/C=C/C=C/C=C/C=C/C=C/C=C/[C@H](O[C@@H]2O[C@H](C)[C@@H](O)[C@H](N)[C@@H]2O)C[C@@H]2OC(C[C@H](O)[C@H]2C(=O)O)[C@H](O)[C@@H](O)C[C@@H](O)[C@H](O)CC[C@@H](O)C[C@@H](O)CC(=O)O[C@H]1C. The molecule has 3 aliphatic heterocycles. The molecule has 13 N–H and O–H groups in total. The Morgan fingerprint density at radius 2 is 1.15 bits per heavy atom. The number of carbonyl (C=O) groups is 2. The minimum Gasteiger partial charge on any atom is -0.481 e. The molecule has 0 aromatic heterocycles. The highest BCUT2D eigenvalue weighted by Crippen LogP contribution is 2.34. The topological polar surface area (TPSA) is 320 Å². The highest BCUT2D eigenvalue weighted by molar-refractivity contribution is 5.71. The Hall–Kier alpha value is -3.44. The number of esters is 1. The van der Waals surface area contributed by atoms with Gasteiger partial charge < -0.3 is 80.9 Å². The third kappa shape index (κ3) is 18.3. The molecule has 0 amide bonds. The van der Waals surface area contributed by atoms with Crippen molar-refractivity contribution >= 4 is 11.9 Å². The van der Waals surface area contributed by atoms with Gasteiger partial charge in [-0.1, -0.05) is 98.9 Å². The molecule has 0 aromatic rings. The van der Waals surface area contributed by atoms with Crippen LogP contribution in [0, 0.1) is 17.8 Å². The second-order valence-corrected chi connectivity index (χ2v) is 17.4. The summed E-state index contributed by atoms with van der Waals surface area (Å²) in [7, 11) is 0. The minimum atomic E-state index is -1.79. The first kappa shape index (κ1) is 55.9. The van der Waals surface area contributed by atoms with Gasteiger partial charge in [-0.2, -0.15) is 0 Å². The summed E-state index contributed by atoms with van der Waals surface area (Å²) in [4.78, 5) is 25.1. The normalized spacial score (nSPS) is 45.5. The summed E-state index contributed by atoms with van der Waals surface area (Å²) >= 11 is 0. The maximum absolute atomic E-state index is 12.6. The first-order valence-corrected chi connectivity index (χ1v) is 22.3. The lowest BCUT2D eigenvalue weighted by Crippen LogP contribution is -2.61. The third-order valence-electron chi connectivity index (χ3n) is 12.1. The molecule has 20 atom stereocenters. The predicted molar refractivity (Wildman–Crippen MR) is 237 cm³/mol. The number of carboxylic acids is 1. The number of cyclic esters (lactones) is 1. The van der Waals surface area contributed by atoms with Crippen LogP contribution in [0.15, 0.2) is 85.1 Å². The predicted octanol–water partition coefficient (Wildman–Crippen LogP) is 0.363. The first-order chi connectivity index (χ1) is 30.7. The van der Waals surface area contributed by atoms with Gasteiger partial charge in [0.05, 0.1) is 85.7 Å². The monoisotopic (exact) mass is 923 g/mol. The lowest BCUT2D eigenvalue weighted by molar-refractivity contribution is -0.280. The molecular weight excluding hydrogens is 851 g/mol. The number of hydrogen-bond acceptors (Lipinski definition) is 17. The average molecular weight is 924 g/mol. The molecule has 2 saturated heterocycles. The molecule has 18 nitrogen and oxygen atoms in total. The molecule has 3 aliphatic rings. The smallest absolute Gasteiger partial charge is 0.311 e. The number of rotatable bonds is 3. The Labute approximate surface area is 381 Å². The molecule has 65 heavy (non-hydrogen) atoms. The Morgan fingerprint density at radius 1 is 0.585 bits per heavy atom. The molecule has 3 heterocycles. The van der Waals surface area contributed by atoms with Crippen molar-refractivity contribution in [3.05, 3.63) is 85.1 Å². The van der Waals surface area contributed by atoms with Gasteiger partial charge in [-0.05, 0) is 33.1 Å². The number of carboxylic acid groups (broad SMARTS) is 1. The zero-order chi connectivity index (χ0) is 48.4. The zero-order valence-corrected chi connectivity index (χ0v) is 37.5. The van der Waals surface area contributed by atoms with Crippen LogP contribution in [0.4, 0.5) is 0 Å². The van der Waals surface area contributed by atoms with Crippen molar-refractivity contribution in [3.8, 4) is 0 Å². The summed E-state index contributed by atoms with van der Waals surface area (Å²) in [5, 5.41) is 118. The van der Waals surface area contributed by atoms with Crippen molar-refractivity contribution in [3.63, 3.8) is 0 Å². The Bertz CT molecular complexity index is 1650. The summed E-state index contributed by atoms with van der Waals surface area (Å²) in [6.07, 6.45) is 1.16. The van der Waals surface area contributed by atoms with E-state index in [0.29, 0.717) is 0 Å². The molecule has 18 heteroatoms. The fourth-order valence-electron chi connectivity index (χ4n) is 7.86. The molecule has 2 bridgehead atoms. The average Bonchev–Trinajstić information content (AvgIpc) is 3.24. The molecule has 0 aliphatic carbocycles. The largest absolute Gasteiger partial charge is 0.481 e. The van der Waals surface area contributed by atoms with E-state index in [1.165, 1.54) is 13.0 Å². The van der Waals surface area contributed by atoms with Crippen LogP contribution in [0.3, 0.4) is 0 Å². The molecule has 3 rings (SSSR count). The Kier molecular flexibility index (Phi) is 24.1. The summed E-state index contributed by atoms with van der Waals surface area (Å²) in [6, 6.07) is -1.14. The quantitative estimate of drug-likeness (QED) is 0.170. The van der Waals surface area contributed by atoms with Crippen LogP contribution in [0.25, 0.3) is 0 Å². The Balaban J connectivity index is 1.86. The molecule has 0 saturated carbocycles. The summed E-state index contributed by atoms with van der Waals surface area (Å²) in [5.74, 6) is -4.42. The van der Waals surface area contributed by atoms with Gasteiger partial charge in [-0.15, -0.1) is 0 Å². The number of fused-ring (bicyclic) bond motifs is 2. The van der Waals surface area contributed by atoms with Crippen molar-refractivity contribution < 1.29 is 84.7 Å². The van der Waals surface area contributed by atoms with Crippen LogP contribution < -0.4 is 5.73 Å². The van der Waals surface area contributed by atoms with Gasteiger partial charge in [0.1, 0.15) is 24.2 Å². The second-order valence-electron chi connectivity index (χ2n) is 17.4. The fourth-order valence-corrected chi connectivity index (χ4v) is 7.86.